The second-order valence-electron chi connectivity index (χ2n) is 6.34. The Morgan fingerprint density at radius 1 is 1.25 bits per heavy atom. The van der Waals surface area contributed by atoms with Crippen LogP contribution in [0.3, 0.4) is 0 Å². The topological polar surface area (TPSA) is 50.2 Å². The van der Waals surface area contributed by atoms with Gasteiger partial charge in [-0.15, -0.1) is 0 Å². The molecule has 0 unspecified atom stereocenters. The van der Waals surface area contributed by atoms with E-state index in [4.69, 9.17) is 11.6 Å². The average molecular weight is 347 g/mol. The third kappa shape index (κ3) is 3.73. The van der Waals surface area contributed by atoms with Crippen LogP contribution in [0.15, 0.2) is 30.5 Å². The van der Waals surface area contributed by atoms with E-state index < -0.39 is 0 Å². The highest BCUT2D eigenvalue weighted by Crippen LogP contribution is 2.31. The maximum Gasteiger partial charge on any atom is 0.322 e. The highest BCUT2D eigenvalue weighted by atomic mass is 35.5. The average Bonchev–Trinajstić information content (AvgIpc) is 2.76. The number of nitrogens with zero attached hydrogens (tertiary/aromatic N) is 3. The molecular weight excluding hydrogens is 324 g/mol. The zero-order chi connectivity index (χ0) is 17.1. The van der Waals surface area contributed by atoms with Crippen molar-refractivity contribution in [3.05, 3.63) is 46.7 Å². The number of anilines is 1. The van der Waals surface area contributed by atoms with Gasteiger partial charge in [0.25, 0.3) is 0 Å². The van der Waals surface area contributed by atoms with Gasteiger partial charge in [-0.3, -0.25) is 4.68 Å². The molecular formula is C18H23ClN4O. The summed E-state index contributed by atoms with van der Waals surface area (Å²) >= 11 is 6.01. The molecule has 24 heavy (non-hydrogen) atoms. The molecule has 1 aromatic heterocycles. The van der Waals surface area contributed by atoms with Crippen molar-refractivity contribution in [3.8, 4) is 0 Å². The normalized spacial score (nSPS) is 18.3. The van der Waals surface area contributed by atoms with Crippen molar-refractivity contribution in [1.82, 2.24) is 14.7 Å². The molecule has 2 aromatic rings. The Hall–Kier alpha value is -2.01. The molecule has 1 aliphatic heterocycles. The zero-order valence-electron chi connectivity index (χ0n) is 14.1. The fraction of sp³-hybridized carbons (Fsp3) is 0.444. The Morgan fingerprint density at radius 2 is 2.00 bits per heavy atom. The molecule has 0 saturated carbocycles. The number of amides is 2. The smallest absolute Gasteiger partial charge is 0.317 e. The number of benzene rings is 1. The first-order valence-electron chi connectivity index (χ1n) is 8.38. The minimum Gasteiger partial charge on any atom is -0.317 e. The summed E-state index contributed by atoms with van der Waals surface area (Å²) < 4.78 is 1.71. The molecule has 128 valence electrons. The molecule has 6 heteroatoms. The summed E-state index contributed by atoms with van der Waals surface area (Å²) in [5.74, 6) is 0. The highest BCUT2D eigenvalue weighted by molar-refractivity contribution is 6.30. The second kappa shape index (κ2) is 7.26. The molecule has 1 aromatic carbocycles. The lowest BCUT2D eigenvalue weighted by molar-refractivity contribution is 0.189. The lowest BCUT2D eigenvalue weighted by atomic mass is 10.0. The maximum atomic E-state index is 12.9. The van der Waals surface area contributed by atoms with E-state index in [2.05, 4.69) is 10.4 Å². The third-order valence-corrected chi connectivity index (χ3v) is 4.78. The molecule has 0 aliphatic carbocycles. The van der Waals surface area contributed by atoms with Crippen molar-refractivity contribution < 1.29 is 4.79 Å². The van der Waals surface area contributed by atoms with Gasteiger partial charge in [0.2, 0.25) is 0 Å². The molecule has 1 atom stereocenters. The lowest BCUT2D eigenvalue weighted by Gasteiger charge is -2.30. The molecule has 5 nitrogen and oxygen atoms in total. The van der Waals surface area contributed by atoms with E-state index in [0.29, 0.717) is 5.02 Å². The van der Waals surface area contributed by atoms with Gasteiger partial charge < -0.3 is 10.2 Å². The number of halogens is 1. The van der Waals surface area contributed by atoms with Gasteiger partial charge in [0.1, 0.15) is 0 Å². The molecule has 1 N–H and O–H groups in total. The van der Waals surface area contributed by atoms with Crippen molar-refractivity contribution in [2.24, 2.45) is 7.05 Å². The van der Waals surface area contributed by atoms with E-state index >= 15 is 0 Å². The van der Waals surface area contributed by atoms with Gasteiger partial charge in [-0.1, -0.05) is 36.6 Å². The van der Waals surface area contributed by atoms with Gasteiger partial charge in [0.15, 0.2) is 0 Å². The summed E-state index contributed by atoms with van der Waals surface area (Å²) in [5.41, 5.74) is 2.73. The monoisotopic (exact) mass is 346 g/mol. The van der Waals surface area contributed by atoms with Crippen LogP contribution in [0.2, 0.25) is 5.02 Å². The molecule has 1 aliphatic rings. The van der Waals surface area contributed by atoms with Crippen LogP contribution >= 0.6 is 11.6 Å². The highest BCUT2D eigenvalue weighted by Gasteiger charge is 2.27. The van der Waals surface area contributed by atoms with Crippen LogP contribution in [0.4, 0.5) is 10.5 Å². The third-order valence-electron chi connectivity index (χ3n) is 4.52. The summed E-state index contributed by atoms with van der Waals surface area (Å²) in [6, 6.07) is 7.85. The predicted molar refractivity (Wildman–Crippen MR) is 96.3 cm³/mol. The van der Waals surface area contributed by atoms with E-state index in [-0.39, 0.29) is 12.1 Å². The number of urea groups is 1. The van der Waals surface area contributed by atoms with Crippen molar-refractivity contribution in [2.45, 2.75) is 38.6 Å². The molecule has 0 radical (unpaired) electrons. The summed E-state index contributed by atoms with van der Waals surface area (Å²) in [5, 5.41) is 8.02. The van der Waals surface area contributed by atoms with Crippen LogP contribution in [0, 0.1) is 6.92 Å². The van der Waals surface area contributed by atoms with Crippen LogP contribution < -0.4 is 5.32 Å². The Morgan fingerprint density at radius 3 is 2.67 bits per heavy atom. The van der Waals surface area contributed by atoms with Gasteiger partial charge in [-0.25, -0.2) is 4.79 Å². The molecule has 0 bridgehead atoms. The van der Waals surface area contributed by atoms with Gasteiger partial charge in [0, 0.05) is 24.8 Å². The Labute approximate surface area is 147 Å². The molecule has 0 spiro atoms. The second-order valence-corrected chi connectivity index (χ2v) is 6.78. The lowest BCUT2D eigenvalue weighted by Crippen LogP contribution is -2.38. The minimum absolute atomic E-state index is 0.0621. The van der Waals surface area contributed by atoms with Crippen LogP contribution in [-0.4, -0.2) is 27.3 Å². The first-order valence-corrected chi connectivity index (χ1v) is 8.76. The van der Waals surface area contributed by atoms with Crippen LogP contribution in [0.5, 0.6) is 0 Å². The van der Waals surface area contributed by atoms with Crippen LogP contribution in [-0.2, 0) is 7.05 Å². The predicted octanol–water partition coefficient (Wildman–Crippen LogP) is 4.53. The largest absolute Gasteiger partial charge is 0.322 e. The Kier molecular flexibility index (Phi) is 5.09. The standard InChI is InChI=1S/C18H23ClN4O/c1-13-16(12-22(2)21-13)20-18(24)23-11-5-3-4-6-17(23)14-7-9-15(19)10-8-14/h7-10,12,17H,3-6,11H2,1-2H3,(H,20,24)/t17-/m0/s1. The van der Waals surface area contributed by atoms with Crippen molar-refractivity contribution in [3.63, 3.8) is 0 Å². The molecule has 2 heterocycles. The van der Waals surface area contributed by atoms with Gasteiger partial charge in [0.05, 0.1) is 17.4 Å². The summed E-state index contributed by atoms with van der Waals surface area (Å²) in [7, 11) is 1.85. The number of carbonyl (C=O) groups is 1. The van der Waals surface area contributed by atoms with Gasteiger partial charge in [-0.05, 0) is 37.5 Å². The van der Waals surface area contributed by atoms with E-state index in [1.165, 1.54) is 0 Å². The number of rotatable bonds is 2. The van der Waals surface area contributed by atoms with Crippen LogP contribution in [0.25, 0.3) is 0 Å². The first kappa shape index (κ1) is 16.8. The van der Waals surface area contributed by atoms with Crippen molar-refractivity contribution >= 4 is 23.3 Å². The van der Waals surface area contributed by atoms with Gasteiger partial charge in [-0.2, -0.15) is 5.10 Å². The molecule has 3 rings (SSSR count). The molecule has 2 amide bonds. The van der Waals surface area contributed by atoms with Gasteiger partial charge >= 0.3 is 6.03 Å². The quantitative estimate of drug-likeness (QED) is 0.868. The molecule has 1 saturated heterocycles. The fourth-order valence-corrected chi connectivity index (χ4v) is 3.42. The number of aryl methyl sites for hydroxylation is 2. The van der Waals surface area contributed by atoms with E-state index in [0.717, 1.165) is 49.2 Å². The molecule has 1 fully saturated rings. The number of carbonyl (C=O) groups excluding carboxylic acids is 1. The number of hydrogen-bond acceptors (Lipinski definition) is 2. The number of aromatic nitrogens is 2. The maximum absolute atomic E-state index is 12.9. The van der Waals surface area contributed by atoms with Crippen molar-refractivity contribution in [1.29, 1.82) is 0 Å². The van der Waals surface area contributed by atoms with E-state index in [1.54, 1.807) is 4.68 Å². The number of likely N-dealkylation sites (tertiary alicyclic amines) is 1. The van der Waals surface area contributed by atoms with Crippen molar-refractivity contribution in [2.75, 3.05) is 11.9 Å². The number of hydrogen-bond donors (Lipinski definition) is 1. The zero-order valence-corrected chi connectivity index (χ0v) is 14.9. The summed E-state index contributed by atoms with van der Waals surface area (Å²) in [6.45, 7) is 2.66. The summed E-state index contributed by atoms with van der Waals surface area (Å²) in [6.07, 6.45) is 6.12. The first-order chi connectivity index (χ1) is 11.5. The minimum atomic E-state index is -0.0621. The SMILES string of the molecule is Cc1nn(C)cc1NC(=O)N1CCCCC[C@H]1c1ccc(Cl)cc1. The fourth-order valence-electron chi connectivity index (χ4n) is 3.29. The van der Waals surface area contributed by atoms with E-state index in [9.17, 15) is 4.79 Å². The van der Waals surface area contributed by atoms with E-state index in [1.807, 2.05) is 49.3 Å². The summed E-state index contributed by atoms with van der Waals surface area (Å²) in [4.78, 5) is 14.8. The Balaban J connectivity index is 1.82. The Bertz CT molecular complexity index is 710. The van der Waals surface area contributed by atoms with Crippen LogP contribution in [0.1, 0.15) is 43.0 Å². The number of nitrogens with one attached hydrogen (secondary N) is 1.